The van der Waals surface area contributed by atoms with Crippen LogP contribution < -0.4 is 0 Å². The Labute approximate surface area is 105 Å². The van der Waals surface area contributed by atoms with Crippen LogP contribution in [-0.4, -0.2) is 79.6 Å². The summed E-state index contributed by atoms with van der Waals surface area (Å²) in [7, 11) is 1.19. The molecule has 7 heteroatoms. The van der Waals surface area contributed by atoms with Gasteiger partial charge in [-0.25, -0.2) is 0 Å². The number of carbonyl (C=O) groups is 1. The van der Waals surface area contributed by atoms with Gasteiger partial charge < -0.3 is 9.80 Å². The van der Waals surface area contributed by atoms with Crippen LogP contribution in [0.1, 0.15) is 6.92 Å². The summed E-state index contributed by atoms with van der Waals surface area (Å²) in [6.07, 6.45) is -4.33. The molecule has 1 amide bonds. The summed E-state index contributed by atoms with van der Waals surface area (Å²) in [6.45, 7) is 5.14. The number of nitrogens with zero attached hydrogens (tertiary/aromatic N) is 3. The predicted molar refractivity (Wildman–Crippen MR) is 62.2 cm³/mol. The molecule has 0 aromatic heterocycles. The van der Waals surface area contributed by atoms with E-state index in [2.05, 4.69) is 11.8 Å². The van der Waals surface area contributed by atoms with Gasteiger partial charge in [0.2, 0.25) is 5.91 Å². The molecule has 0 radical (unpaired) electrons. The molecule has 1 rings (SSSR count). The van der Waals surface area contributed by atoms with Gasteiger partial charge in [0.05, 0.1) is 6.54 Å². The maximum atomic E-state index is 12.1. The molecule has 1 aliphatic rings. The largest absolute Gasteiger partial charge is 0.406 e. The van der Waals surface area contributed by atoms with Crippen LogP contribution in [0.2, 0.25) is 0 Å². The number of likely N-dealkylation sites (N-methyl/N-ethyl adjacent to an activating group) is 2. The molecule has 0 spiro atoms. The van der Waals surface area contributed by atoms with Gasteiger partial charge in [-0.15, -0.1) is 0 Å². The molecule has 0 saturated carbocycles. The van der Waals surface area contributed by atoms with E-state index < -0.39 is 18.6 Å². The van der Waals surface area contributed by atoms with Gasteiger partial charge >= 0.3 is 6.18 Å². The third kappa shape index (κ3) is 5.22. The van der Waals surface area contributed by atoms with Crippen molar-refractivity contribution in [2.45, 2.75) is 13.1 Å². The van der Waals surface area contributed by atoms with Crippen LogP contribution in [0.4, 0.5) is 13.2 Å². The molecule has 0 bridgehead atoms. The van der Waals surface area contributed by atoms with Gasteiger partial charge in [-0.2, -0.15) is 13.2 Å². The van der Waals surface area contributed by atoms with E-state index in [9.17, 15) is 18.0 Å². The lowest BCUT2D eigenvalue weighted by Crippen LogP contribution is -2.50. The first kappa shape index (κ1) is 15.2. The van der Waals surface area contributed by atoms with Gasteiger partial charge in [0.1, 0.15) is 6.54 Å². The zero-order valence-electron chi connectivity index (χ0n) is 10.8. The molecule has 4 nitrogen and oxygen atoms in total. The van der Waals surface area contributed by atoms with Crippen molar-refractivity contribution in [1.29, 1.82) is 0 Å². The van der Waals surface area contributed by atoms with Gasteiger partial charge in [-0.1, -0.05) is 6.92 Å². The Bertz CT molecular complexity index is 275. The Hall–Kier alpha value is -0.820. The average molecular weight is 267 g/mol. The van der Waals surface area contributed by atoms with Crippen molar-refractivity contribution < 1.29 is 18.0 Å². The number of piperazine rings is 1. The van der Waals surface area contributed by atoms with E-state index in [1.54, 1.807) is 0 Å². The summed E-state index contributed by atoms with van der Waals surface area (Å²) < 4.78 is 36.4. The highest BCUT2D eigenvalue weighted by Gasteiger charge is 2.31. The lowest BCUT2D eigenvalue weighted by Gasteiger charge is -2.34. The molecule has 1 heterocycles. The third-order valence-electron chi connectivity index (χ3n) is 3.11. The zero-order valence-corrected chi connectivity index (χ0v) is 10.8. The first-order valence-electron chi connectivity index (χ1n) is 6.07. The maximum Gasteiger partial charge on any atom is 0.406 e. The summed E-state index contributed by atoms with van der Waals surface area (Å²) in [4.78, 5) is 16.5. The molecule has 0 aromatic rings. The van der Waals surface area contributed by atoms with Crippen LogP contribution in [-0.2, 0) is 4.79 Å². The van der Waals surface area contributed by atoms with E-state index in [4.69, 9.17) is 0 Å². The molecule has 0 N–H and O–H groups in total. The van der Waals surface area contributed by atoms with Crippen LogP contribution in [0, 0.1) is 0 Å². The Balaban J connectivity index is 2.32. The second-order valence-corrected chi connectivity index (χ2v) is 4.58. The van der Waals surface area contributed by atoms with Crippen molar-refractivity contribution in [1.82, 2.24) is 14.7 Å². The number of carbonyl (C=O) groups excluding carboxylic acids is 1. The first-order valence-corrected chi connectivity index (χ1v) is 6.07. The summed E-state index contributed by atoms with van der Waals surface area (Å²) in [6, 6.07) is 0. The number of rotatable bonds is 4. The Morgan fingerprint density at radius 2 is 1.67 bits per heavy atom. The van der Waals surface area contributed by atoms with Crippen molar-refractivity contribution >= 4 is 5.91 Å². The van der Waals surface area contributed by atoms with Crippen LogP contribution >= 0.6 is 0 Å². The fraction of sp³-hybridized carbons (Fsp3) is 0.909. The molecule has 0 aromatic carbocycles. The van der Waals surface area contributed by atoms with Crippen LogP contribution in [0.5, 0.6) is 0 Å². The standard InChI is InChI=1S/C11H20F3N3O/c1-3-16-4-6-17(7-5-16)8-10(18)15(2)9-11(12,13)14/h3-9H2,1-2H3. The molecular weight excluding hydrogens is 247 g/mol. The van der Waals surface area contributed by atoms with Crippen molar-refractivity contribution in [3.05, 3.63) is 0 Å². The molecule has 0 unspecified atom stereocenters. The minimum atomic E-state index is -4.33. The van der Waals surface area contributed by atoms with Crippen molar-refractivity contribution in [3.8, 4) is 0 Å². The Morgan fingerprint density at radius 1 is 1.17 bits per heavy atom. The number of hydrogen-bond acceptors (Lipinski definition) is 3. The van der Waals surface area contributed by atoms with Gasteiger partial charge in [-0.3, -0.25) is 9.69 Å². The molecule has 1 saturated heterocycles. The first-order chi connectivity index (χ1) is 8.31. The normalized spacial score (nSPS) is 18.9. The second kappa shape index (κ2) is 6.38. The van der Waals surface area contributed by atoms with Crippen molar-refractivity contribution in [3.63, 3.8) is 0 Å². The molecule has 1 aliphatic heterocycles. The predicted octanol–water partition coefficient (Wildman–Crippen LogP) is 0.645. The van der Waals surface area contributed by atoms with Gasteiger partial charge in [-0.05, 0) is 6.54 Å². The van der Waals surface area contributed by atoms with E-state index in [1.165, 1.54) is 7.05 Å². The number of alkyl halides is 3. The van der Waals surface area contributed by atoms with E-state index in [0.29, 0.717) is 0 Å². The SMILES string of the molecule is CCN1CCN(CC(=O)N(C)CC(F)(F)F)CC1. The van der Waals surface area contributed by atoms with Crippen LogP contribution in [0.25, 0.3) is 0 Å². The van der Waals surface area contributed by atoms with E-state index in [0.717, 1.165) is 37.6 Å². The average Bonchev–Trinajstić information content (AvgIpc) is 2.27. The van der Waals surface area contributed by atoms with Gasteiger partial charge in [0.15, 0.2) is 0 Å². The van der Waals surface area contributed by atoms with Gasteiger partial charge in [0.25, 0.3) is 0 Å². The van der Waals surface area contributed by atoms with Gasteiger partial charge in [0, 0.05) is 33.2 Å². The maximum absolute atomic E-state index is 12.1. The van der Waals surface area contributed by atoms with E-state index in [1.807, 2.05) is 4.90 Å². The fourth-order valence-electron chi connectivity index (χ4n) is 1.93. The minimum Gasteiger partial charge on any atom is -0.336 e. The van der Waals surface area contributed by atoms with Crippen LogP contribution in [0.3, 0.4) is 0 Å². The number of halogens is 3. The molecular formula is C11H20F3N3O. The highest BCUT2D eigenvalue weighted by molar-refractivity contribution is 5.78. The van der Waals surface area contributed by atoms with Crippen LogP contribution in [0.15, 0.2) is 0 Å². The topological polar surface area (TPSA) is 26.8 Å². The second-order valence-electron chi connectivity index (χ2n) is 4.58. The fourth-order valence-corrected chi connectivity index (χ4v) is 1.93. The lowest BCUT2D eigenvalue weighted by molar-refractivity contribution is -0.159. The third-order valence-corrected chi connectivity index (χ3v) is 3.11. The molecule has 106 valence electrons. The Kier molecular flexibility index (Phi) is 5.40. The number of amides is 1. The summed E-state index contributed by atoms with van der Waals surface area (Å²) >= 11 is 0. The summed E-state index contributed by atoms with van der Waals surface area (Å²) in [5, 5.41) is 0. The van der Waals surface area contributed by atoms with Crippen molar-refractivity contribution in [2.24, 2.45) is 0 Å². The highest BCUT2D eigenvalue weighted by Crippen LogP contribution is 2.15. The quantitative estimate of drug-likeness (QED) is 0.748. The molecule has 0 aliphatic carbocycles. The van der Waals surface area contributed by atoms with E-state index >= 15 is 0 Å². The zero-order chi connectivity index (χ0) is 13.8. The van der Waals surface area contributed by atoms with E-state index in [-0.39, 0.29) is 6.54 Å². The summed E-state index contributed by atoms with van der Waals surface area (Å²) in [5.74, 6) is -0.475. The highest BCUT2D eigenvalue weighted by atomic mass is 19.4. The lowest BCUT2D eigenvalue weighted by atomic mass is 10.3. The molecule has 18 heavy (non-hydrogen) atoms. The Morgan fingerprint density at radius 3 is 2.11 bits per heavy atom. The minimum absolute atomic E-state index is 0.0735. The number of hydrogen-bond donors (Lipinski definition) is 0. The molecule has 1 fully saturated rings. The monoisotopic (exact) mass is 267 g/mol. The smallest absolute Gasteiger partial charge is 0.336 e. The molecule has 0 atom stereocenters. The summed E-state index contributed by atoms with van der Waals surface area (Å²) in [5.41, 5.74) is 0. The van der Waals surface area contributed by atoms with Crippen molar-refractivity contribution in [2.75, 3.05) is 52.9 Å².